The van der Waals surface area contributed by atoms with Gasteiger partial charge in [-0.25, -0.2) is 0 Å². The van der Waals surface area contributed by atoms with Crippen LogP contribution in [0, 0.1) is 0 Å². The van der Waals surface area contributed by atoms with Crippen molar-refractivity contribution in [2.75, 3.05) is 6.61 Å². The highest BCUT2D eigenvalue weighted by Gasteiger charge is 2.43. The van der Waals surface area contributed by atoms with E-state index in [1.54, 1.807) is 0 Å². The van der Waals surface area contributed by atoms with Crippen LogP contribution in [-0.4, -0.2) is 40.6 Å². The Balaban J connectivity index is 2.94. The zero-order chi connectivity index (χ0) is 19.7. The van der Waals surface area contributed by atoms with E-state index in [0.29, 0.717) is 0 Å². The standard InChI is InChI=1S/C20H42O3Si2/c1-19(2,3)24(7,8)22-17-13-16(11-12-21)14-18(15-17)23-25(9,10)20(4,5)6/h11,17-18,21H,12-15H2,1-10H3/t17-,18+. The van der Waals surface area contributed by atoms with Crippen LogP contribution in [0.1, 0.15) is 60.8 Å². The Morgan fingerprint density at radius 3 is 1.52 bits per heavy atom. The maximum atomic E-state index is 9.37. The fourth-order valence-corrected chi connectivity index (χ4v) is 5.52. The molecule has 5 heteroatoms. The Morgan fingerprint density at radius 2 is 1.24 bits per heavy atom. The summed E-state index contributed by atoms with van der Waals surface area (Å²) in [5.74, 6) is 0. The minimum atomic E-state index is -1.80. The van der Waals surface area contributed by atoms with Gasteiger partial charge in [0, 0.05) is 0 Å². The highest BCUT2D eigenvalue weighted by atomic mass is 28.4. The molecule has 2 atom stereocenters. The summed E-state index contributed by atoms with van der Waals surface area (Å²) in [5.41, 5.74) is 1.29. The van der Waals surface area contributed by atoms with E-state index < -0.39 is 16.6 Å². The molecule has 0 aromatic heterocycles. The van der Waals surface area contributed by atoms with Gasteiger partial charge >= 0.3 is 0 Å². The van der Waals surface area contributed by atoms with E-state index in [4.69, 9.17) is 8.85 Å². The molecule has 3 nitrogen and oxygen atoms in total. The van der Waals surface area contributed by atoms with Gasteiger partial charge in [0.1, 0.15) is 0 Å². The summed E-state index contributed by atoms with van der Waals surface area (Å²) in [4.78, 5) is 0. The number of aliphatic hydroxyl groups excluding tert-OH is 1. The van der Waals surface area contributed by atoms with Crippen LogP contribution in [0.2, 0.25) is 36.3 Å². The van der Waals surface area contributed by atoms with Crippen LogP contribution in [0.5, 0.6) is 0 Å². The molecule has 1 saturated carbocycles. The van der Waals surface area contributed by atoms with Crippen LogP contribution < -0.4 is 0 Å². The highest BCUT2D eigenvalue weighted by molar-refractivity contribution is 6.74. The zero-order valence-corrected chi connectivity index (χ0v) is 20.3. The summed E-state index contributed by atoms with van der Waals surface area (Å²) in [7, 11) is -3.61. The molecule has 148 valence electrons. The Morgan fingerprint density at radius 1 is 0.880 bits per heavy atom. The van der Waals surface area contributed by atoms with Gasteiger partial charge in [-0.15, -0.1) is 0 Å². The van der Waals surface area contributed by atoms with E-state index in [9.17, 15) is 5.11 Å². The number of hydrogen-bond acceptors (Lipinski definition) is 3. The van der Waals surface area contributed by atoms with Gasteiger partial charge in [-0.2, -0.15) is 0 Å². The van der Waals surface area contributed by atoms with Crippen LogP contribution in [0.15, 0.2) is 11.6 Å². The monoisotopic (exact) mass is 386 g/mol. The molecule has 1 fully saturated rings. The minimum Gasteiger partial charge on any atom is -0.414 e. The van der Waals surface area contributed by atoms with Crippen molar-refractivity contribution in [3.8, 4) is 0 Å². The van der Waals surface area contributed by atoms with E-state index in [2.05, 4.69) is 67.7 Å². The average molecular weight is 387 g/mol. The van der Waals surface area contributed by atoms with Crippen molar-refractivity contribution in [2.24, 2.45) is 0 Å². The smallest absolute Gasteiger partial charge is 0.192 e. The van der Waals surface area contributed by atoms with Crippen LogP contribution in [0.3, 0.4) is 0 Å². The third kappa shape index (κ3) is 6.31. The maximum absolute atomic E-state index is 9.37. The molecule has 1 aliphatic rings. The fourth-order valence-electron chi connectivity index (χ4n) is 2.79. The predicted octanol–water partition coefficient (Wildman–Crippen LogP) is 5.87. The normalized spacial score (nSPS) is 25.5. The van der Waals surface area contributed by atoms with Crippen molar-refractivity contribution < 1.29 is 14.0 Å². The SMILES string of the molecule is CC(C)(C)[Si](C)(C)O[C@@H]1CC(=CCO)C[C@H](O[Si](C)(C)C(C)(C)C)C1. The molecule has 0 aromatic carbocycles. The molecule has 0 saturated heterocycles. The first-order valence-electron chi connectivity index (χ1n) is 9.73. The lowest BCUT2D eigenvalue weighted by Gasteiger charge is -2.45. The van der Waals surface area contributed by atoms with Gasteiger partial charge in [0.05, 0.1) is 18.8 Å². The quantitative estimate of drug-likeness (QED) is 0.474. The highest BCUT2D eigenvalue weighted by Crippen LogP contribution is 2.42. The largest absolute Gasteiger partial charge is 0.414 e. The van der Waals surface area contributed by atoms with Gasteiger partial charge < -0.3 is 14.0 Å². The molecule has 0 aliphatic heterocycles. The Labute approximate surface area is 158 Å². The summed E-state index contributed by atoms with van der Waals surface area (Å²) in [5, 5.41) is 9.79. The van der Waals surface area contributed by atoms with Crippen molar-refractivity contribution in [2.45, 2.75) is 109 Å². The Kier molecular flexibility index (Phi) is 7.36. The van der Waals surface area contributed by atoms with Crippen molar-refractivity contribution >= 4 is 16.6 Å². The van der Waals surface area contributed by atoms with Gasteiger partial charge in [0.15, 0.2) is 16.6 Å². The Bertz CT molecular complexity index is 432. The van der Waals surface area contributed by atoms with E-state index in [-0.39, 0.29) is 28.9 Å². The van der Waals surface area contributed by atoms with Gasteiger partial charge in [-0.1, -0.05) is 53.2 Å². The number of rotatable bonds is 5. The van der Waals surface area contributed by atoms with Crippen LogP contribution in [0.4, 0.5) is 0 Å². The summed E-state index contributed by atoms with van der Waals surface area (Å²) < 4.78 is 13.4. The average Bonchev–Trinajstić information content (AvgIpc) is 2.34. The van der Waals surface area contributed by atoms with Crippen molar-refractivity contribution in [3.05, 3.63) is 11.6 Å². The molecule has 25 heavy (non-hydrogen) atoms. The van der Waals surface area contributed by atoms with Gasteiger partial charge in [-0.05, 0) is 55.5 Å². The first-order chi connectivity index (χ1) is 11.1. The molecule has 0 spiro atoms. The van der Waals surface area contributed by atoms with Crippen LogP contribution >= 0.6 is 0 Å². The molecule has 1 aliphatic carbocycles. The fraction of sp³-hybridized carbons (Fsp3) is 0.900. The summed E-state index contributed by atoms with van der Waals surface area (Å²) in [6.45, 7) is 23.1. The summed E-state index contributed by atoms with van der Waals surface area (Å²) >= 11 is 0. The van der Waals surface area contributed by atoms with Gasteiger partial charge in [0.25, 0.3) is 0 Å². The van der Waals surface area contributed by atoms with E-state index in [1.165, 1.54) is 5.57 Å². The molecular formula is C20H42O3Si2. The second kappa shape index (κ2) is 7.97. The molecule has 0 radical (unpaired) electrons. The lowest BCUT2D eigenvalue weighted by atomic mass is 9.90. The Hall–Kier alpha value is 0.0538. The zero-order valence-electron chi connectivity index (χ0n) is 18.3. The second-order valence-corrected chi connectivity index (χ2v) is 20.2. The molecule has 0 bridgehead atoms. The van der Waals surface area contributed by atoms with Crippen molar-refractivity contribution in [3.63, 3.8) is 0 Å². The molecule has 0 heterocycles. The van der Waals surface area contributed by atoms with E-state index >= 15 is 0 Å². The molecule has 0 unspecified atom stereocenters. The topological polar surface area (TPSA) is 38.7 Å². The molecular weight excluding hydrogens is 344 g/mol. The number of hydrogen-bond donors (Lipinski definition) is 1. The molecule has 1 rings (SSSR count). The van der Waals surface area contributed by atoms with E-state index in [0.717, 1.165) is 19.3 Å². The van der Waals surface area contributed by atoms with Crippen molar-refractivity contribution in [1.82, 2.24) is 0 Å². The summed E-state index contributed by atoms with van der Waals surface area (Å²) in [6, 6.07) is 0. The molecule has 0 amide bonds. The first-order valence-corrected chi connectivity index (χ1v) is 15.5. The predicted molar refractivity (Wildman–Crippen MR) is 113 cm³/mol. The third-order valence-electron chi connectivity index (χ3n) is 6.42. The third-order valence-corrected chi connectivity index (χ3v) is 15.5. The lowest BCUT2D eigenvalue weighted by molar-refractivity contribution is 0.0722. The summed E-state index contributed by atoms with van der Waals surface area (Å²) in [6.07, 6.45) is 5.23. The second-order valence-electron chi connectivity index (χ2n) is 10.7. The minimum absolute atomic E-state index is 0.106. The van der Waals surface area contributed by atoms with Gasteiger partial charge in [0.2, 0.25) is 0 Å². The first kappa shape index (κ1) is 23.1. The van der Waals surface area contributed by atoms with E-state index in [1.807, 2.05) is 6.08 Å². The van der Waals surface area contributed by atoms with Crippen molar-refractivity contribution in [1.29, 1.82) is 0 Å². The van der Waals surface area contributed by atoms with Crippen LogP contribution in [0.25, 0.3) is 0 Å². The maximum Gasteiger partial charge on any atom is 0.192 e. The lowest BCUT2D eigenvalue weighted by Crippen LogP contribution is -2.48. The van der Waals surface area contributed by atoms with Gasteiger partial charge in [-0.3, -0.25) is 0 Å². The molecule has 1 N–H and O–H groups in total. The van der Waals surface area contributed by atoms with Crippen LogP contribution in [-0.2, 0) is 8.85 Å². The molecule has 0 aromatic rings. The number of aliphatic hydroxyl groups is 1.